The first kappa shape index (κ1) is 16.2. The maximum Gasteiger partial charge on any atom is 0.273 e. The summed E-state index contributed by atoms with van der Waals surface area (Å²) in [5.41, 5.74) is 2.59. The Labute approximate surface area is 157 Å². The lowest BCUT2D eigenvalue weighted by Gasteiger charge is -2.04. The Bertz CT molecular complexity index is 1020. The molecule has 128 valence electrons. The average molecular weight is 409 g/mol. The minimum atomic E-state index is -0.283. The van der Waals surface area contributed by atoms with Crippen molar-refractivity contribution in [1.29, 1.82) is 0 Å². The molecule has 1 amide bonds. The first-order valence-corrected chi connectivity index (χ1v) is 8.57. The standard InChI is InChI=1S/C18H13BrN6O/c19-13-4-2-12(3-5-13)15-10-16(24-23-15)18(26)22-14-6-7-17(20-11-14)25-9-1-8-21-25/h1-11H,(H,22,26)(H,23,24). The largest absolute Gasteiger partial charge is 0.319 e. The molecule has 4 aromatic rings. The minimum Gasteiger partial charge on any atom is -0.319 e. The van der Waals surface area contributed by atoms with Gasteiger partial charge in [0.25, 0.3) is 5.91 Å². The fraction of sp³-hybridized carbons (Fsp3) is 0. The SMILES string of the molecule is O=C(Nc1ccc(-n2cccn2)nc1)c1cc(-c2ccc(Br)cc2)n[nH]1. The van der Waals surface area contributed by atoms with E-state index in [4.69, 9.17) is 0 Å². The summed E-state index contributed by atoms with van der Waals surface area (Å²) >= 11 is 3.40. The van der Waals surface area contributed by atoms with Gasteiger partial charge in [0.15, 0.2) is 5.82 Å². The van der Waals surface area contributed by atoms with E-state index in [1.807, 2.05) is 30.3 Å². The fourth-order valence-electron chi connectivity index (χ4n) is 2.40. The molecule has 0 atom stereocenters. The molecule has 0 fully saturated rings. The van der Waals surface area contributed by atoms with Crippen LogP contribution in [0.2, 0.25) is 0 Å². The second-order valence-electron chi connectivity index (χ2n) is 5.48. The summed E-state index contributed by atoms with van der Waals surface area (Å²) in [7, 11) is 0. The highest BCUT2D eigenvalue weighted by molar-refractivity contribution is 9.10. The Morgan fingerprint density at radius 3 is 2.69 bits per heavy atom. The van der Waals surface area contributed by atoms with E-state index in [-0.39, 0.29) is 5.91 Å². The van der Waals surface area contributed by atoms with E-state index in [9.17, 15) is 4.79 Å². The molecule has 0 saturated heterocycles. The van der Waals surface area contributed by atoms with Crippen LogP contribution in [0.4, 0.5) is 5.69 Å². The normalized spacial score (nSPS) is 10.7. The van der Waals surface area contributed by atoms with Crippen LogP contribution in [0.15, 0.2) is 71.6 Å². The third-order valence-electron chi connectivity index (χ3n) is 3.71. The van der Waals surface area contributed by atoms with Crippen molar-refractivity contribution in [3.8, 4) is 17.1 Å². The Morgan fingerprint density at radius 1 is 1.15 bits per heavy atom. The van der Waals surface area contributed by atoms with Crippen LogP contribution in [0.1, 0.15) is 10.5 Å². The molecule has 3 heterocycles. The van der Waals surface area contributed by atoms with Gasteiger partial charge < -0.3 is 5.32 Å². The van der Waals surface area contributed by atoms with Crippen molar-refractivity contribution in [2.75, 3.05) is 5.32 Å². The van der Waals surface area contributed by atoms with Gasteiger partial charge in [-0.05, 0) is 36.4 Å². The van der Waals surface area contributed by atoms with Gasteiger partial charge in [-0.3, -0.25) is 9.89 Å². The summed E-state index contributed by atoms with van der Waals surface area (Å²) < 4.78 is 2.63. The molecule has 7 nitrogen and oxygen atoms in total. The van der Waals surface area contributed by atoms with Crippen molar-refractivity contribution < 1.29 is 4.79 Å². The summed E-state index contributed by atoms with van der Waals surface area (Å²) in [5, 5.41) is 13.9. The number of aromatic nitrogens is 5. The summed E-state index contributed by atoms with van der Waals surface area (Å²) in [5.74, 6) is 0.390. The average Bonchev–Trinajstić information content (AvgIpc) is 3.35. The predicted molar refractivity (Wildman–Crippen MR) is 101 cm³/mol. The van der Waals surface area contributed by atoms with E-state index in [2.05, 4.69) is 41.5 Å². The van der Waals surface area contributed by atoms with E-state index in [0.717, 1.165) is 10.0 Å². The first-order valence-electron chi connectivity index (χ1n) is 7.78. The molecule has 0 saturated carbocycles. The number of carbonyl (C=O) groups excluding carboxylic acids is 1. The Kier molecular flexibility index (Phi) is 4.32. The van der Waals surface area contributed by atoms with Gasteiger partial charge in [0, 0.05) is 22.4 Å². The molecule has 0 radical (unpaired) electrons. The maximum atomic E-state index is 12.4. The molecule has 8 heteroatoms. The molecule has 0 unspecified atom stereocenters. The number of anilines is 1. The van der Waals surface area contributed by atoms with Gasteiger partial charge in [-0.2, -0.15) is 10.2 Å². The Balaban J connectivity index is 1.47. The summed E-state index contributed by atoms with van der Waals surface area (Å²) in [6.07, 6.45) is 5.06. The van der Waals surface area contributed by atoms with Gasteiger partial charge in [0.05, 0.1) is 17.6 Å². The van der Waals surface area contributed by atoms with Crippen LogP contribution in [0, 0.1) is 0 Å². The van der Waals surface area contributed by atoms with Gasteiger partial charge in [0.1, 0.15) is 5.69 Å². The van der Waals surface area contributed by atoms with Gasteiger partial charge in [-0.1, -0.05) is 28.1 Å². The zero-order valence-electron chi connectivity index (χ0n) is 13.4. The van der Waals surface area contributed by atoms with Gasteiger partial charge in [0.2, 0.25) is 0 Å². The summed E-state index contributed by atoms with van der Waals surface area (Å²) in [6, 6.07) is 14.8. The molecule has 2 N–H and O–H groups in total. The van der Waals surface area contributed by atoms with Crippen molar-refractivity contribution >= 4 is 27.5 Å². The predicted octanol–water partition coefficient (Wildman–Crippen LogP) is 3.67. The van der Waals surface area contributed by atoms with E-state index in [0.29, 0.717) is 22.9 Å². The second kappa shape index (κ2) is 6.93. The zero-order chi connectivity index (χ0) is 17.9. The highest BCUT2D eigenvalue weighted by Crippen LogP contribution is 2.21. The van der Waals surface area contributed by atoms with Crippen molar-refractivity contribution in [3.63, 3.8) is 0 Å². The number of rotatable bonds is 4. The third kappa shape index (κ3) is 3.40. The van der Waals surface area contributed by atoms with Crippen LogP contribution >= 0.6 is 15.9 Å². The van der Waals surface area contributed by atoms with Gasteiger partial charge >= 0.3 is 0 Å². The number of pyridine rings is 1. The quantitative estimate of drug-likeness (QED) is 0.538. The molecule has 0 spiro atoms. The summed E-state index contributed by atoms with van der Waals surface area (Å²) in [6.45, 7) is 0. The summed E-state index contributed by atoms with van der Waals surface area (Å²) in [4.78, 5) is 16.7. The van der Waals surface area contributed by atoms with Gasteiger partial charge in [-0.15, -0.1) is 0 Å². The van der Waals surface area contributed by atoms with Crippen molar-refractivity contribution in [1.82, 2.24) is 25.0 Å². The molecule has 0 aliphatic carbocycles. The zero-order valence-corrected chi connectivity index (χ0v) is 15.0. The molecule has 26 heavy (non-hydrogen) atoms. The lowest BCUT2D eigenvalue weighted by atomic mass is 10.1. The number of aromatic amines is 1. The highest BCUT2D eigenvalue weighted by Gasteiger charge is 2.12. The number of nitrogens with zero attached hydrogens (tertiary/aromatic N) is 4. The monoisotopic (exact) mass is 408 g/mol. The third-order valence-corrected chi connectivity index (χ3v) is 4.24. The number of H-pyrrole nitrogens is 1. The molecule has 3 aromatic heterocycles. The lowest BCUT2D eigenvalue weighted by molar-refractivity contribution is 0.102. The molecule has 0 aliphatic rings. The molecular formula is C18H13BrN6O. The topological polar surface area (TPSA) is 88.5 Å². The van der Waals surface area contributed by atoms with Crippen LogP contribution in [0.25, 0.3) is 17.1 Å². The highest BCUT2D eigenvalue weighted by atomic mass is 79.9. The number of amides is 1. The van der Waals surface area contributed by atoms with Crippen molar-refractivity contribution in [2.45, 2.75) is 0 Å². The number of hydrogen-bond donors (Lipinski definition) is 2. The Morgan fingerprint density at radius 2 is 2.00 bits per heavy atom. The van der Waals surface area contributed by atoms with Crippen molar-refractivity contribution in [3.05, 3.63) is 77.3 Å². The minimum absolute atomic E-state index is 0.283. The number of nitrogens with one attached hydrogen (secondary N) is 2. The van der Waals surface area contributed by atoms with Gasteiger partial charge in [-0.25, -0.2) is 9.67 Å². The smallest absolute Gasteiger partial charge is 0.273 e. The molecule has 4 rings (SSSR count). The number of halogens is 1. The van der Waals surface area contributed by atoms with Crippen LogP contribution in [0.5, 0.6) is 0 Å². The molecular weight excluding hydrogens is 396 g/mol. The fourth-order valence-corrected chi connectivity index (χ4v) is 2.67. The van der Waals surface area contributed by atoms with Crippen LogP contribution in [0.3, 0.4) is 0 Å². The number of hydrogen-bond acceptors (Lipinski definition) is 4. The van der Waals surface area contributed by atoms with E-state index in [1.54, 1.807) is 41.5 Å². The maximum absolute atomic E-state index is 12.4. The van der Waals surface area contributed by atoms with Crippen molar-refractivity contribution in [2.24, 2.45) is 0 Å². The van der Waals surface area contributed by atoms with E-state index < -0.39 is 0 Å². The number of carbonyl (C=O) groups is 1. The first-order chi connectivity index (χ1) is 12.7. The van der Waals surface area contributed by atoms with E-state index >= 15 is 0 Å². The Hall–Kier alpha value is -3.26. The van der Waals surface area contributed by atoms with Crippen LogP contribution in [-0.4, -0.2) is 30.9 Å². The molecule has 0 aliphatic heterocycles. The lowest BCUT2D eigenvalue weighted by Crippen LogP contribution is -2.12. The number of benzene rings is 1. The van der Waals surface area contributed by atoms with Crippen LogP contribution < -0.4 is 5.32 Å². The van der Waals surface area contributed by atoms with E-state index in [1.165, 1.54) is 0 Å². The second-order valence-corrected chi connectivity index (χ2v) is 6.40. The molecule has 1 aromatic carbocycles. The van der Waals surface area contributed by atoms with Crippen LogP contribution in [-0.2, 0) is 0 Å². The molecule has 0 bridgehead atoms.